The van der Waals surface area contributed by atoms with Crippen LogP contribution in [0.5, 0.6) is 0 Å². The van der Waals surface area contributed by atoms with Gasteiger partial charge in [0.15, 0.2) is 5.82 Å². The number of nitrogens with one attached hydrogen (secondary N) is 1. The number of fused-ring (bicyclic) bond motifs is 2. The average molecular weight is 354 g/mol. The van der Waals surface area contributed by atoms with Gasteiger partial charge < -0.3 is 10.1 Å². The number of benzene rings is 1. The van der Waals surface area contributed by atoms with Gasteiger partial charge in [0, 0.05) is 43.2 Å². The third-order valence-corrected chi connectivity index (χ3v) is 4.51. The lowest BCUT2D eigenvalue weighted by Crippen LogP contribution is -2.22. The molecule has 1 atom stereocenters. The molecule has 1 unspecified atom stereocenters. The van der Waals surface area contributed by atoms with E-state index in [4.69, 9.17) is 4.74 Å². The molecule has 0 spiro atoms. The van der Waals surface area contributed by atoms with Crippen molar-refractivity contribution in [3.05, 3.63) is 52.4 Å². The molecule has 2 aromatic heterocycles. The van der Waals surface area contributed by atoms with Crippen molar-refractivity contribution in [2.24, 2.45) is 0 Å². The summed E-state index contributed by atoms with van der Waals surface area (Å²) >= 11 is 0. The van der Waals surface area contributed by atoms with Crippen molar-refractivity contribution in [3.8, 4) is 0 Å². The minimum atomic E-state index is -0.387. The van der Waals surface area contributed by atoms with Crippen LogP contribution in [0.25, 0.3) is 10.8 Å². The molecule has 0 bridgehead atoms. The van der Waals surface area contributed by atoms with Crippen LogP contribution in [0.1, 0.15) is 30.5 Å². The maximum absolute atomic E-state index is 11.3. The zero-order valence-electron chi connectivity index (χ0n) is 14.3. The van der Waals surface area contributed by atoms with Gasteiger partial charge in [-0.25, -0.2) is 9.67 Å². The van der Waals surface area contributed by atoms with Gasteiger partial charge in [-0.05, 0) is 25.0 Å². The molecule has 0 fully saturated rings. The molecule has 26 heavy (non-hydrogen) atoms. The highest BCUT2D eigenvalue weighted by atomic mass is 16.6. The quantitative estimate of drug-likeness (QED) is 0.554. The van der Waals surface area contributed by atoms with Gasteiger partial charge in [0.25, 0.3) is 5.69 Å². The molecule has 3 aromatic rings. The first-order valence-electron chi connectivity index (χ1n) is 8.37. The first-order chi connectivity index (χ1) is 12.7. The summed E-state index contributed by atoms with van der Waals surface area (Å²) in [7, 11) is 1.62. The Morgan fingerprint density at radius 1 is 1.38 bits per heavy atom. The molecule has 0 saturated heterocycles. The summed E-state index contributed by atoms with van der Waals surface area (Å²) in [5, 5.41) is 20.5. The van der Waals surface area contributed by atoms with E-state index in [0.29, 0.717) is 17.8 Å². The monoisotopic (exact) mass is 354 g/mol. The van der Waals surface area contributed by atoms with Gasteiger partial charge in [-0.3, -0.25) is 15.1 Å². The summed E-state index contributed by atoms with van der Waals surface area (Å²) in [5.41, 5.74) is 0.871. The number of pyridine rings is 1. The van der Waals surface area contributed by atoms with Crippen molar-refractivity contribution in [2.75, 3.05) is 12.4 Å². The third-order valence-electron chi connectivity index (χ3n) is 4.51. The number of nitro groups is 1. The van der Waals surface area contributed by atoms with Crippen molar-refractivity contribution >= 4 is 22.1 Å². The second kappa shape index (κ2) is 6.68. The molecule has 3 heterocycles. The molecular weight excluding hydrogens is 336 g/mol. The number of hydrogen-bond donors (Lipinski definition) is 1. The minimum Gasteiger partial charge on any atom is -0.377 e. The van der Waals surface area contributed by atoms with Gasteiger partial charge >= 0.3 is 0 Å². The van der Waals surface area contributed by atoms with E-state index in [1.807, 2.05) is 4.68 Å². The highest BCUT2D eigenvalue weighted by molar-refractivity contribution is 5.99. The van der Waals surface area contributed by atoms with Crippen molar-refractivity contribution in [2.45, 2.75) is 32.0 Å². The Labute approximate surface area is 149 Å². The summed E-state index contributed by atoms with van der Waals surface area (Å²) in [6.07, 6.45) is 5.05. The number of anilines is 1. The summed E-state index contributed by atoms with van der Waals surface area (Å²) < 4.78 is 7.03. The van der Waals surface area contributed by atoms with E-state index in [0.717, 1.165) is 36.3 Å². The van der Waals surface area contributed by atoms with Gasteiger partial charge in [-0.2, -0.15) is 5.10 Å². The fourth-order valence-electron chi connectivity index (χ4n) is 3.37. The second-order valence-electron chi connectivity index (χ2n) is 6.19. The first-order valence-corrected chi connectivity index (χ1v) is 8.37. The SMILES string of the molecule is COCc1nc2n(n1)CCCC2Nc1ccc([N+](=O)[O-])c2cnccc12. The molecule has 0 radical (unpaired) electrons. The summed E-state index contributed by atoms with van der Waals surface area (Å²) in [6.45, 7) is 1.20. The molecule has 0 saturated carbocycles. The number of nitro benzene ring substituents is 1. The number of methoxy groups -OCH3 is 1. The van der Waals surface area contributed by atoms with Crippen LogP contribution in [-0.4, -0.2) is 31.8 Å². The maximum Gasteiger partial charge on any atom is 0.278 e. The van der Waals surface area contributed by atoms with E-state index < -0.39 is 0 Å². The molecule has 134 valence electrons. The predicted molar refractivity (Wildman–Crippen MR) is 94.7 cm³/mol. The van der Waals surface area contributed by atoms with E-state index in [1.54, 1.807) is 25.4 Å². The molecule has 0 aliphatic carbocycles. The zero-order valence-corrected chi connectivity index (χ0v) is 14.3. The van der Waals surface area contributed by atoms with Crippen LogP contribution in [-0.2, 0) is 17.9 Å². The Hall–Kier alpha value is -3.07. The minimum absolute atomic E-state index is 0.0142. The van der Waals surface area contributed by atoms with Crippen LogP contribution in [0, 0.1) is 10.1 Å². The summed E-state index contributed by atoms with van der Waals surface area (Å²) in [6, 6.07) is 5.02. The number of aryl methyl sites for hydroxylation is 1. The molecule has 1 aromatic carbocycles. The topological polar surface area (TPSA) is 108 Å². The van der Waals surface area contributed by atoms with Gasteiger partial charge in [0.2, 0.25) is 0 Å². The zero-order chi connectivity index (χ0) is 18.1. The number of hydrogen-bond acceptors (Lipinski definition) is 7. The molecule has 0 amide bonds. The molecule has 1 N–H and O–H groups in total. The normalized spacial score (nSPS) is 16.4. The van der Waals surface area contributed by atoms with E-state index >= 15 is 0 Å². The maximum atomic E-state index is 11.3. The Bertz CT molecular complexity index is 970. The third kappa shape index (κ3) is 2.86. The largest absolute Gasteiger partial charge is 0.377 e. The fourth-order valence-corrected chi connectivity index (χ4v) is 3.37. The van der Waals surface area contributed by atoms with Crippen LogP contribution in [0.3, 0.4) is 0 Å². The summed E-state index contributed by atoms with van der Waals surface area (Å²) in [5.74, 6) is 1.53. The fraction of sp³-hybridized carbons (Fsp3) is 0.353. The van der Waals surface area contributed by atoms with Crippen LogP contribution in [0.2, 0.25) is 0 Å². The number of ether oxygens (including phenoxy) is 1. The Balaban J connectivity index is 1.71. The number of nitrogens with zero attached hydrogens (tertiary/aromatic N) is 5. The van der Waals surface area contributed by atoms with E-state index in [2.05, 4.69) is 20.4 Å². The molecular formula is C17H18N6O3. The predicted octanol–water partition coefficient (Wildman–Crippen LogP) is 2.83. The smallest absolute Gasteiger partial charge is 0.278 e. The van der Waals surface area contributed by atoms with Crippen molar-refractivity contribution < 1.29 is 9.66 Å². The molecule has 1 aliphatic heterocycles. The lowest BCUT2D eigenvalue weighted by Gasteiger charge is -2.24. The Morgan fingerprint density at radius 3 is 3.08 bits per heavy atom. The second-order valence-corrected chi connectivity index (χ2v) is 6.19. The Kier molecular flexibility index (Phi) is 4.21. The number of non-ortho nitro benzene ring substituents is 1. The van der Waals surface area contributed by atoms with Gasteiger partial charge in [0.05, 0.1) is 16.4 Å². The first kappa shape index (κ1) is 16.4. The molecule has 4 rings (SSSR count). The van der Waals surface area contributed by atoms with Crippen LogP contribution in [0.4, 0.5) is 11.4 Å². The number of rotatable bonds is 5. The lowest BCUT2D eigenvalue weighted by molar-refractivity contribution is -0.383. The summed E-state index contributed by atoms with van der Waals surface area (Å²) in [4.78, 5) is 19.5. The average Bonchev–Trinajstić information content (AvgIpc) is 3.05. The van der Waals surface area contributed by atoms with Crippen LogP contribution < -0.4 is 5.32 Å². The van der Waals surface area contributed by atoms with Crippen molar-refractivity contribution in [1.29, 1.82) is 0 Å². The lowest BCUT2D eigenvalue weighted by atomic mass is 10.0. The van der Waals surface area contributed by atoms with Crippen LogP contribution in [0.15, 0.2) is 30.6 Å². The van der Waals surface area contributed by atoms with Crippen molar-refractivity contribution in [1.82, 2.24) is 19.7 Å². The van der Waals surface area contributed by atoms with E-state index in [-0.39, 0.29) is 16.7 Å². The highest BCUT2D eigenvalue weighted by Crippen LogP contribution is 2.34. The standard InChI is InChI=1S/C17H18N6O3/c1-26-10-16-20-17-14(3-2-8-22(17)21-16)19-13-4-5-15(23(24)25)12-9-18-7-6-11(12)13/h4-7,9,14,19H,2-3,8,10H2,1H3. The van der Waals surface area contributed by atoms with Crippen molar-refractivity contribution in [3.63, 3.8) is 0 Å². The van der Waals surface area contributed by atoms with Crippen LogP contribution >= 0.6 is 0 Å². The Morgan fingerprint density at radius 2 is 2.27 bits per heavy atom. The van der Waals surface area contributed by atoms with E-state index in [9.17, 15) is 10.1 Å². The van der Waals surface area contributed by atoms with E-state index in [1.165, 1.54) is 12.3 Å². The number of aromatic nitrogens is 4. The molecule has 9 nitrogen and oxygen atoms in total. The van der Waals surface area contributed by atoms with Gasteiger partial charge in [-0.15, -0.1) is 0 Å². The van der Waals surface area contributed by atoms with Gasteiger partial charge in [0.1, 0.15) is 12.4 Å². The highest BCUT2D eigenvalue weighted by Gasteiger charge is 2.25. The molecule has 9 heteroatoms. The van der Waals surface area contributed by atoms with Gasteiger partial charge in [-0.1, -0.05) is 0 Å². The molecule has 1 aliphatic rings.